The fourth-order valence-corrected chi connectivity index (χ4v) is 6.50. The second-order valence-corrected chi connectivity index (χ2v) is 11.0. The van der Waals surface area contributed by atoms with Gasteiger partial charge in [-0.05, 0) is 44.7 Å². The predicted molar refractivity (Wildman–Crippen MR) is 109 cm³/mol. The summed E-state index contributed by atoms with van der Waals surface area (Å²) in [5.41, 5.74) is -1.56. The number of esters is 1. The van der Waals surface area contributed by atoms with E-state index in [1.54, 1.807) is 31.2 Å². The fraction of sp³-hybridized carbons (Fsp3) is 0.636. The molecule has 3 aliphatic rings. The molecule has 4 atom stereocenters. The van der Waals surface area contributed by atoms with E-state index in [-0.39, 0.29) is 29.7 Å². The van der Waals surface area contributed by atoms with Crippen molar-refractivity contribution in [3.05, 3.63) is 29.8 Å². The Kier molecular flexibility index (Phi) is 5.21. The Morgan fingerprint density at radius 2 is 1.93 bits per heavy atom. The monoisotopic (exact) mass is 435 g/mol. The van der Waals surface area contributed by atoms with E-state index in [1.807, 2.05) is 6.92 Å². The highest BCUT2D eigenvalue weighted by atomic mass is 32.2. The molecule has 3 fully saturated rings. The zero-order valence-corrected chi connectivity index (χ0v) is 18.5. The van der Waals surface area contributed by atoms with E-state index in [2.05, 4.69) is 6.92 Å². The first-order valence-corrected chi connectivity index (χ1v) is 12.3. The smallest absolute Gasteiger partial charge is 0.348 e. The Labute approximate surface area is 177 Å². The SMILES string of the molecule is CCOC(=O)[C@@]12C[C@H]3CC[C@H](C)C[C@]3(O1)N(CCS(=O)(=O)c1ccc(C)cc1)C2=O. The second kappa shape index (κ2) is 7.34. The molecule has 4 rings (SSSR count). The van der Waals surface area contributed by atoms with Crippen LogP contribution in [0.4, 0.5) is 0 Å². The van der Waals surface area contributed by atoms with Gasteiger partial charge in [0, 0.05) is 18.9 Å². The molecule has 2 bridgehead atoms. The number of hydrogen-bond donors (Lipinski definition) is 0. The normalized spacial score (nSPS) is 32.9. The zero-order valence-electron chi connectivity index (χ0n) is 17.7. The van der Waals surface area contributed by atoms with E-state index in [4.69, 9.17) is 9.47 Å². The van der Waals surface area contributed by atoms with Gasteiger partial charge in [0.15, 0.2) is 9.84 Å². The number of hydrogen-bond acceptors (Lipinski definition) is 6. The summed E-state index contributed by atoms with van der Waals surface area (Å²) >= 11 is 0. The summed E-state index contributed by atoms with van der Waals surface area (Å²) in [5.74, 6) is -0.989. The minimum Gasteiger partial charge on any atom is -0.463 e. The number of carbonyl (C=O) groups is 2. The number of carbonyl (C=O) groups excluding carboxylic acids is 2. The predicted octanol–water partition coefficient (Wildman–Crippen LogP) is 2.47. The third-order valence-corrected chi connectivity index (χ3v) is 8.50. The molecule has 2 heterocycles. The van der Waals surface area contributed by atoms with Gasteiger partial charge >= 0.3 is 5.97 Å². The molecule has 0 radical (unpaired) electrons. The molecular weight excluding hydrogens is 406 g/mol. The van der Waals surface area contributed by atoms with Crippen LogP contribution in [0.3, 0.4) is 0 Å². The van der Waals surface area contributed by atoms with Crippen molar-refractivity contribution < 1.29 is 27.5 Å². The molecule has 7 nitrogen and oxygen atoms in total. The first-order chi connectivity index (χ1) is 14.1. The first-order valence-electron chi connectivity index (χ1n) is 10.6. The molecule has 164 valence electrons. The third-order valence-electron chi connectivity index (χ3n) is 6.79. The Balaban J connectivity index is 1.62. The van der Waals surface area contributed by atoms with Crippen LogP contribution in [-0.2, 0) is 28.9 Å². The molecular formula is C22H29NO6S. The fourth-order valence-electron chi connectivity index (χ4n) is 5.29. The van der Waals surface area contributed by atoms with E-state index < -0.39 is 33.0 Å². The number of rotatable bonds is 6. The van der Waals surface area contributed by atoms with Crippen molar-refractivity contribution in [2.75, 3.05) is 18.9 Å². The molecule has 0 aromatic heterocycles. The first kappa shape index (κ1) is 21.3. The van der Waals surface area contributed by atoms with Gasteiger partial charge < -0.3 is 14.4 Å². The quantitative estimate of drug-likeness (QED) is 0.504. The van der Waals surface area contributed by atoms with Gasteiger partial charge in [-0.15, -0.1) is 0 Å². The Bertz CT molecular complexity index is 958. The highest BCUT2D eigenvalue weighted by molar-refractivity contribution is 7.91. The van der Waals surface area contributed by atoms with Crippen molar-refractivity contribution in [1.82, 2.24) is 4.90 Å². The van der Waals surface area contributed by atoms with Gasteiger partial charge in [-0.2, -0.15) is 0 Å². The summed E-state index contributed by atoms with van der Waals surface area (Å²) in [6, 6.07) is 6.69. The molecule has 1 aromatic carbocycles. The molecule has 8 heteroatoms. The van der Waals surface area contributed by atoms with Crippen LogP contribution in [0, 0.1) is 18.8 Å². The minimum atomic E-state index is -3.58. The molecule has 2 saturated heterocycles. The lowest BCUT2D eigenvalue weighted by molar-refractivity contribution is -0.175. The van der Waals surface area contributed by atoms with Crippen LogP contribution in [0.25, 0.3) is 0 Å². The van der Waals surface area contributed by atoms with Crippen molar-refractivity contribution in [2.45, 2.75) is 62.7 Å². The molecule has 2 aliphatic heterocycles. The van der Waals surface area contributed by atoms with Crippen LogP contribution in [0.5, 0.6) is 0 Å². The maximum atomic E-state index is 13.4. The van der Waals surface area contributed by atoms with Crippen molar-refractivity contribution in [3.63, 3.8) is 0 Å². The number of fused-ring (bicyclic) bond motifs is 1. The molecule has 0 unspecified atom stereocenters. The largest absolute Gasteiger partial charge is 0.463 e. The van der Waals surface area contributed by atoms with E-state index in [0.29, 0.717) is 18.8 Å². The number of ether oxygens (including phenoxy) is 2. The average molecular weight is 436 g/mol. The van der Waals surface area contributed by atoms with Gasteiger partial charge in [-0.3, -0.25) is 4.79 Å². The van der Waals surface area contributed by atoms with Crippen molar-refractivity contribution in [1.29, 1.82) is 0 Å². The van der Waals surface area contributed by atoms with Gasteiger partial charge in [-0.25, -0.2) is 13.2 Å². The van der Waals surface area contributed by atoms with E-state index in [0.717, 1.165) is 18.4 Å². The number of piperidine rings is 1. The number of aryl methyl sites for hydroxylation is 1. The highest BCUT2D eigenvalue weighted by Crippen LogP contribution is 2.59. The molecule has 1 saturated carbocycles. The van der Waals surface area contributed by atoms with Gasteiger partial charge in [0.1, 0.15) is 5.72 Å². The highest BCUT2D eigenvalue weighted by Gasteiger charge is 2.74. The van der Waals surface area contributed by atoms with Crippen molar-refractivity contribution >= 4 is 21.7 Å². The number of likely N-dealkylation sites (tertiary alicyclic amines) is 1. The van der Waals surface area contributed by atoms with E-state index in [1.165, 1.54) is 4.90 Å². The second-order valence-electron chi connectivity index (χ2n) is 8.87. The average Bonchev–Trinajstić information content (AvgIpc) is 3.15. The number of benzene rings is 1. The van der Waals surface area contributed by atoms with Crippen LogP contribution in [0.15, 0.2) is 29.2 Å². The molecule has 1 amide bonds. The number of amides is 1. The van der Waals surface area contributed by atoms with Crippen LogP contribution < -0.4 is 0 Å². The van der Waals surface area contributed by atoms with Crippen molar-refractivity contribution in [3.8, 4) is 0 Å². The summed E-state index contributed by atoms with van der Waals surface area (Å²) in [4.78, 5) is 27.9. The lowest BCUT2D eigenvalue weighted by Gasteiger charge is -2.46. The summed E-state index contributed by atoms with van der Waals surface area (Å²) < 4.78 is 37.2. The molecule has 1 aliphatic carbocycles. The van der Waals surface area contributed by atoms with E-state index >= 15 is 0 Å². The Hall–Kier alpha value is -1.93. The maximum Gasteiger partial charge on any atom is 0.348 e. The topological polar surface area (TPSA) is 90.0 Å². The van der Waals surface area contributed by atoms with Crippen LogP contribution in [-0.4, -0.2) is 55.4 Å². The molecule has 30 heavy (non-hydrogen) atoms. The molecule has 1 spiro atoms. The van der Waals surface area contributed by atoms with Crippen molar-refractivity contribution in [2.24, 2.45) is 11.8 Å². The number of nitrogens with zero attached hydrogens (tertiary/aromatic N) is 1. The summed E-state index contributed by atoms with van der Waals surface area (Å²) in [7, 11) is -3.58. The van der Waals surface area contributed by atoms with E-state index in [9.17, 15) is 18.0 Å². The van der Waals surface area contributed by atoms with Gasteiger partial charge in [0.05, 0.1) is 17.3 Å². The van der Waals surface area contributed by atoms with Gasteiger partial charge in [-0.1, -0.05) is 31.0 Å². The van der Waals surface area contributed by atoms with Gasteiger partial charge in [0.25, 0.3) is 5.91 Å². The summed E-state index contributed by atoms with van der Waals surface area (Å²) in [6.07, 6.45) is 2.77. The standard InChI is InChI=1S/C22H29NO6S/c1-4-28-20(25)21-14-17-8-5-16(3)13-22(17,29-21)23(19(21)24)11-12-30(26,27)18-9-6-15(2)7-10-18/h6-7,9-10,16-17H,4-5,8,11-14H2,1-3H3/t16-,17+,21-,22+/m0/s1. The Morgan fingerprint density at radius 1 is 1.23 bits per heavy atom. The lowest BCUT2D eigenvalue weighted by Crippen LogP contribution is -2.59. The molecule has 0 N–H and O–H groups in total. The Morgan fingerprint density at radius 3 is 2.60 bits per heavy atom. The van der Waals surface area contributed by atoms with Crippen LogP contribution in [0.2, 0.25) is 0 Å². The molecule has 1 aromatic rings. The van der Waals surface area contributed by atoms with Crippen LogP contribution in [0.1, 0.15) is 45.1 Å². The van der Waals surface area contributed by atoms with Gasteiger partial charge in [0.2, 0.25) is 5.60 Å². The minimum absolute atomic E-state index is 0.000577. The van der Waals surface area contributed by atoms with Crippen LogP contribution >= 0.6 is 0 Å². The third kappa shape index (κ3) is 3.15. The summed E-state index contributed by atoms with van der Waals surface area (Å²) in [6.45, 7) is 5.85. The summed E-state index contributed by atoms with van der Waals surface area (Å²) in [5, 5.41) is 0. The lowest BCUT2D eigenvalue weighted by atomic mass is 9.71. The zero-order chi connectivity index (χ0) is 21.7. The number of sulfone groups is 1. The maximum absolute atomic E-state index is 13.4.